The van der Waals surface area contributed by atoms with Crippen molar-refractivity contribution in [2.75, 3.05) is 18.6 Å². The van der Waals surface area contributed by atoms with Gasteiger partial charge in [0, 0.05) is 28.8 Å². The highest BCUT2D eigenvalue weighted by Gasteiger charge is 2.30. The van der Waals surface area contributed by atoms with Crippen LogP contribution in [0.15, 0.2) is 47.3 Å². The molecule has 6 nitrogen and oxygen atoms in total. The fourth-order valence-electron chi connectivity index (χ4n) is 3.90. The van der Waals surface area contributed by atoms with Crippen molar-refractivity contribution < 1.29 is 14.3 Å². The van der Waals surface area contributed by atoms with Crippen molar-refractivity contribution >= 4 is 22.5 Å². The summed E-state index contributed by atoms with van der Waals surface area (Å²) in [7, 11) is 1.61. The molecule has 0 unspecified atom stereocenters. The van der Waals surface area contributed by atoms with Crippen LogP contribution < -0.4 is 15.2 Å². The number of pyridine rings is 1. The van der Waals surface area contributed by atoms with E-state index < -0.39 is 6.10 Å². The Morgan fingerprint density at radius 2 is 2.07 bits per heavy atom. The van der Waals surface area contributed by atoms with E-state index in [9.17, 15) is 9.59 Å². The van der Waals surface area contributed by atoms with Gasteiger partial charge in [-0.3, -0.25) is 9.59 Å². The minimum Gasteiger partial charge on any atom is -0.497 e. The van der Waals surface area contributed by atoms with E-state index >= 15 is 0 Å². The number of ether oxygens (including phenoxy) is 2. The highest BCUT2D eigenvalue weighted by Crippen LogP contribution is 2.28. The van der Waals surface area contributed by atoms with Crippen molar-refractivity contribution in [1.29, 1.82) is 0 Å². The first-order valence-electron chi connectivity index (χ1n) is 10.2. The molecule has 2 aromatic carbocycles. The molecule has 30 heavy (non-hydrogen) atoms. The molecule has 1 aliphatic rings. The number of hydrogen-bond donors (Lipinski definition) is 1. The summed E-state index contributed by atoms with van der Waals surface area (Å²) in [5, 5.41) is 0.856. The standard InChI is InChI=1S/C24H26N2O4/c1-15-6-4-7-21(16(15)2)26(24(28)22-8-5-11-30-22)14-18-12-17-13-19(29-3)9-10-20(17)25-23(18)27/h4,6-7,9-10,12-13,22H,5,8,11,14H2,1-3H3,(H,25,27)/t22-/m0/s1. The van der Waals surface area contributed by atoms with Gasteiger partial charge < -0.3 is 19.4 Å². The zero-order valence-corrected chi connectivity index (χ0v) is 17.5. The van der Waals surface area contributed by atoms with Crippen LogP contribution in [0.4, 0.5) is 5.69 Å². The van der Waals surface area contributed by atoms with Crippen LogP contribution in [0.25, 0.3) is 10.9 Å². The number of nitrogens with zero attached hydrogens (tertiary/aromatic N) is 1. The maximum Gasteiger partial charge on any atom is 0.256 e. The van der Waals surface area contributed by atoms with Gasteiger partial charge in [-0.15, -0.1) is 0 Å². The van der Waals surface area contributed by atoms with E-state index in [1.807, 2.05) is 50.2 Å². The van der Waals surface area contributed by atoms with E-state index in [2.05, 4.69) is 4.98 Å². The number of fused-ring (bicyclic) bond motifs is 1. The van der Waals surface area contributed by atoms with Crippen molar-refractivity contribution in [2.45, 2.75) is 39.3 Å². The van der Waals surface area contributed by atoms with Gasteiger partial charge in [0.15, 0.2) is 0 Å². The number of carbonyl (C=O) groups excluding carboxylic acids is 1. The third-order valence-corrected chi connectivity index (χ3v) is 5.79. The molecule has 1 aliphatic heterocycles. The summed E-state index contributed by atoms with van der Waals surface area (Å²) < 4.78 is 11.0. The minimum absolute atomic E-state index is 0.105. The van der Waals surface area contributed by atoms with Crippen LogP contribution in [0, 0.1) is 13.8 Å². The first-order valence-corrected chi connectivity index (χ1v) is 10.2. The second kappa shape index (κ2) is 8.32. The molecule has 0 aliphatic carbocycles. The van der Waals surface area contributed by atoms with Crippen LogP contribution in [0.5, 0.6) is 5.75 Å². The minimum atomic E-state index is -0.468. The summed E-state index contributed by atoms with van der Waals surface area (Å²) in [5.41, 5.74) is 3.96. The lowest BCUT2D eigenvalue weighted by atomic mass is 10.0. The third-order valence-electron chi connectivity index (χ3n) is 5.79. The van der Waals surface area contributed by atoms with Crippen molar-refractivity contribution in [2.24, 2.45) is 0 Å². The summed E-state index contributed by atoms with van der Waals surface area (Å²) in [5.74, 6) is 0.605. The second-order valence-corrected chi connectivity index (χ2v) is 7.72. The number of rotatable bonds is 5. The van der Waals surface area contributed by atoms with Gasteiger partial charge in [-0.2, -0.15) is 0 Å². The number of carbonyl (C=O) groups is 1. The molecule has 6 heteroatoms. The molecule has 1 atom stereocenters. The lowest BCUT2D eigenvalue weighted by Crippen LogP contribution is -2.40. The zero-order valence-electron chi connectivity index (χ0n) is 17.5. The molecule has 156 valence electrons. The van der Waals surface area contributed by atoms with Gasteiger partial charge in [-0.1, -0.05) is 12.1 Å². The van der Waals surface area contributed by atoms with Crippen molar-refractivity contribution in [3.8, 4) is 5.75 Å². The van der Waals surface area contributed by atoms with Crippen molar-refractivity contribution in [3.63, 3.8) is 0 Å². The molecule has 0 bridgehead atoms. The zero-order chi connectivity index (χ0) is 21.3. The predicted molar refractivity (Wildman–Crippen MR) is 117 cm³/mol. The monoisotopic (exact) mass is 406 g/mol. The van der Waals surface area contributed by atoms with Crippen LogP contribution in [0.1, 0.15) is 29.5 Å². The molecule has 0 spiro atoms. The van der Waals surface area contributed by atoms with E-state index in [-0.39, 0.29) is 18.0 Å². The van der Waals surface area contributed by atoms with E-state index in [4.69, 9.17) is 9.47 Å². The molecular weight excluding hydrogens is 380 g/mol. The largest absolute Gasteiger partial charge is 0.497 e. The molecule has 1 saturated heterocycles. The normalized spacial score (nSPS) is 16.0. The number of aryl methyl sites for hydroxylation is 1. The Bertz CT molecular complexity index is 1150. The average Bonchev–Trinajstić information content (AvgIpc) is 3.28. The number of amides is 1. The summed E-state index contributed by atoms with van der Waals surface area (Å²) in [4.78, 5) is 30.8. The molecule has 0 radical (unpaired) electrons. The quantitative estimate of drug-likeness (QED) is 0.698. The maximum absolute atomic E-state index is 13.4. The number of methoxy groups -OCH3 is 1. The Morgan fingerprint density at radius 1 is 1.23 bits per heavy atom. The Labute approximate surface area is 175 Å². The molecule has 1 N–H and O–H groups in total. The lowest BCUT2D eigenvalue weighted by Gasteiger charge is -2.27. The topological polar surface area (TPSA) is 71.6 Å². The highest BCUT2D eigenvalue weighted by molar-refractivity contribution is 5.97. The number of aromatic nitrogens is 1. The smallest absolute Gasteiger partial charge is 0.256 e. The van der Waals surface area contributed by atoms with Gasteiger partial charge in [-0.05, 0) is 68.1 Å². The molecule has 1 fully saturated rings. The summed E-state index contributed by atoms with van der Waals surface area (Å²) >= 11 is 0. The Kier molecular flexibility index (Phi) is 5.59. The highest BCUT2D eigenvalue weighted by atomic mass is 16.5. The first-order chi connectivity index (χ1) is 14.5. The third kappa shape index (κ3) is 3.83. The summed E-state index contributed by atoms with van der Waals surface area (Å²) in [6, 6.07) is 13.2. The summed E-state index contributed by atoms with van der Waals surface area (Å²) in [6.07, 6.45) is 1.10. The fourth-order valence-corrected chi connectivity index (χ4v) is 3.90. The SMILES string of the molecule is COc1ccc2[nH]c(=O)c(CN(C(=O)[C@@H]3CCCO3)c3cccc(C)c3C)cc2c1. The number of hydrogen-bond acceptors (Lipinski definition) is 4. The molecule has 3 aromatic rings. The maximum atomic E-state index is 13.4. The molecule has 1 amide bonds. The van der Waals surface area contributed by atoms with E-state index in [0.717, 1.165) is 34.1 Å². The van der Waals surface area contributed by atoms with Crippen LogP contribution in [0.3, 0.4) is 0 Å². The first kappa shape index (κ1) is 20.2. The van der Waals surface area contributed by atoms with Crippen LogP contribution in [0.2, 0.25) is 0 Å². The molecule has 0 saturated carbocycles. The van der Waals surface area contributed by atoms with Gasteiger partial charge in [0.05, 0.1) is 13.7 Å². The number of anilines is 1. The lowest BCUT2D eigenvalue weighted by molar-refractivity contribution is -0.127. The van der Waals surface area contributed by atoms with E-state index in [1.54, 1.807) is 18.1 Å². The van der Waals surface area contributed by atoms with Gasteiger partial charge in [-0.25, -0.2) is 0 Å². The average molecular weight is 406 g/mol. The predicted octanol–water partition coefficient (Wildman–Crippen LogP) is 3.87. The van der Waals surface area contributed by atoms with Crippen LogP contribution in [-0.4, -0.2) is 30.7 Å². The molecular formula is C24H26N2O4. The molecule has 1 aromatic heterocycles. The van der Waals surface area contributed by atoms with Crippen LogP contribution in [-0.2, 0) is 16.1 Å². The van der Waals surface area contributed by atoms with Gasteiger partial charge in [0.25, 0.3) is 11.5 Å². The Balaban J connectivity index is 1.78. The number of H-pyrrole nitrogens is 1. The second-order valence-electron chi connectivity index (χ2n) is 7.72. The van der Waals surface area contributed by atoms with Crippen molar-refractivity contribution in [3.05, 3.63) is 69.5 Å². The molecule has 4 rings (SSSR count). The summed E-state index contributed by atoms with van der Waals surface area (Å²) in [6.45, 7) is 4.78. The number of benzene rings is 2. The Hall–Kier alpha value is -3.12. The van der Waals surface area contributed by atoms with E-state index in [0.29, 0.717) is 24.3 Å². The Morgan fingerprint density at radius 3 is 2.80 bits per heavy atom. The number of aromatic amines is 1. The fraction of sp³-hybridized carbons (Fsp3) is 0.333. The van der Waals surface area contributed by atoms with Gasteiger partial charge in [0.2, 0.25) is 0 Å². The molecule has 2 heterocycles. The van der Waals surface area contributed by atoms with E-state index in [1.165, 1.54) is 0 Å². The van der Waals surface area contributed by atoms with Crippen molar-refractivity contribution in [1.82, 2.24) is 4.98 Å². The van der Waals surface area contributed by atoms with Gasteiger partial charge >= 0.3 is 0 Å². The van der Waals surface area contributed by atoms with Gasteiger partial charge in [0.1, 0.15) is 11.9 Å². The number of nitrogens with one attached hydrogen (secondary N) is 1. The van der Waals surface area contributed by atoms with Crippen LogP contribution >= 0.6 is 0 Å².